The number of piperidine rings is 1. The second-order valence-corrected chi connectivity index (χ2v) is 6.67. The molecule has 0 aliphatic carbocycles. The number of hydrogen-bond donors (Lipinski definition) is 0. The van der Waals surface area contributed by atoms with Crippen LogP contribution >= 0.6 is 0 Å². The van der Waals surface area contributed by atoms with Gasteiger partial charge in [-0.2, -0.15) is 0 Å². The van der Waals surface area contributed by atoms with Crippen molar-refractivity contribution in [1.82, 2.24) is 4.90 Å². The normalized spacial score (nSPS) is 23.3. The molecule has 0 radical (unpaired) electrons. The lowest BCUT2D eigenvalue weighted by atomic mass is 9.87. The number of hydrogen-bond acceptors (Lipinski definition) is 3. The largest absolute Gasteiger partial charge is 0.373 e. The van der Waals surface area contributed by atoms with E-state index >= 15 is 0 Å². The van der Waals surface area contributed by atoms with Crippen LogP contribution in [0.1, 0.15) is 32.6 Å². The molecule has 3 rings (SSSR count). The first-order valence-corrected chi connectivity index (χ1v) is 8.43. The highest BCUT2D eigenvalue weighted by molar-refractivity contribution is 5.75. The van der Waals surface area contributed by atoms with Crippen molar-refractivity contribution in [2.75, 3.05) is 31.6 Å². The average molecular weight is 320 g/mol. The van der Waals surface area contributed by atoms with Gasteiger partial charge in [0, 0.05) is 32.2 Å². The van der Waals surface area contributed by atoms with Crippen LogP contribution in [0.3, 0.4) is 0 Å². The van der Waals surface area contributed by atoms with Gasteiger partial charge in [0.25, 0.3) is 0 Å². The lowest BCUT2D eigenvalue weighted by Crippen LogP contribution is -2.46. The molecule has 2 aliphatic rings. The third kappa shape index (κ3) is 3.34. The van der Waals surface area contributed by atoms with Gasteiger partial charge >= 0.3 is 0 Å². The molecule has 2 aliphatic heterocycles. The molecule has 2 fully saturated rings. The number of rotatable bonds is 3. The summed E-state index contributed by atoms with van der Waals surface area (Å²) in [6.45, 7) is 4.18. The maximum absolute atomic E-state index is 13.1. The molecule has 2 saturated heterocycles. The summed E-state index contributed by atoms with van der Waals surface area (Å²) in [6.07, 6.45) is 3.36. The number of likely N-dealkylation sites (tertiary alicyclic amines) is 1. The third-order valence-corrected chi connectivity index (χ3v) is 5.30. The van der Waals surface area contributed by atoms with Gasteiger partial charge in [0.05, 0.1) is 18.2 Å². The topological polar surface area (TPSA) is 32.8 Å². The summed E-state index contributed by atoms with van der Waals surface area (Å²) in [6, 6.07) is 6.90. The maximum atomic E-state index is 13.1. The van der Waals surface area contributed by atoms with Crippen molar-refractivity contribution in [3.8, 4) is 0 Å². The molecule has 0 bridgehead atoms. The summed E-state index contributed by atoms with van der Waals surface area (Å²) < 4.78 is 19.2. The van der Waals surface area contributed by atoms with Crippen LogP contribution in [0.25, 0.3) is 0 Å². The molecule has 0 N–H and O–H groups in total. The van der Waals surface area contributed by atoms with Gasteiger partial charge in [-0.25, -0.2) is 4.39 Å². The van der Waals surface area contributed by atoms with E-state index in [9.17, 15) is 9.18 Å². The molecular weight excluding hydrogens is 295 g/mol. The van der Waals surface area contributed by atoms with E-state index in [-0.39, 0.29) is 17.3 Å². The fraction of sp³-hybridized carbons (Fsp3) is 0.611. The van der Waals surface area contributed by atoms with Crippen LogP contribution in [0.2, 0.25) is 0 Å². The number of likely N-dealkylation sites (N-methyl/N-ethyl adjacent to an activating group) is 1. The maximum Gasteiger partial charge on any atom is 0.222 e. The molecule has 1 atom stereocenters. The van der Waals surface area contributed by atoms with E-state index in [0.717, 1.165) is 38.0 Å². The summed E-state index contributed by atoms with van der Waals surface area (Å²) in [5, 5.41) is 0. The fourth-order valence-electron chi connectivity index (χ4n) is 3.69. The van der Waals surface area contributed by atoms with Crippen molar-refractivity contribution in [2.45, 2.75) is 44.2 Å². The molecule has 5 heteroatoms. The molecule has 2 heterocycles. The van der Waals surface area contributed by atoms with Crippen LogP contribution in [0.15, 0.2) is 24.3 Å². The van der Waals surface area contributed by atoms with Gasteiger partial charge in [0.1, 0.15) is 5.82 Å². The highest BCUT2D eigenvalue weighted by Gasteiger charge is 2.44. The molecule has 23 heavy (non-hydrogen) atoms. The van der Waals surface area contributed by atoms with Gasteiger partial charge in [-0.15, -0.1) is 0 Å². The first kappa shape index (κ1) is 16.2. The van der Waals surface area contributed by atoms with E-state index in [1.54, 1.807) is 0 Å². The van der Waals surface area contributed by atoms with Crippen molar-refractivity contribution in [2.24, 2.45) is 0 Å². The number of anilines is 1. The monoisotopic (exact) mass is 320 g/mol. The average Bonchev–Trinajstić information content (AvgIpc) is 2.98. The predicted octanol–water partition coefficient (Wildman–Crippen LogP) is 2.82. The van der Waals surface area contributed by atoms with E-state index in [2.05, 4.69) is 4.90 Å². The first-order valence-electron chi connectivity index (χ1n) is 8.43. The molecular formula is C18H25FN2O2. The van der Waals surface area contributed by atoms with Crippen molar-refractivity contribution < 1.29 is 13.9 Å². The zero-order valence-electron chi connectivity index (χ0n) is 13.9. The molecule has 1 spiro atoms. The molecule has 4 nitrogen and oxygen atoms in total. The summed E-state index contributed by atoms with van der Waals surface area (Å²) in [5.74, 6) is 0.0204. The van der Waals surface area contributed by atoms with Crippen LogP contribution in [0, 0.1) is 5.82 Å². The predicted molar refractivity (Wildman–Crippen MR) is 88.0 cm³/mol. The SMILES string of the molecule is CCC(=O)N1CCC2(CC1)C[C@H](N(C)c1ccc(F)cc1)CO2. The van der Waals surface area contributed by atoms with E-state index < -0.39 is 0 Å². The lowest BCUT2D eigenvalue weighted by molar-refractivity contribution is -0.135. The Kier molecular flexibility index (Phi) is 4.57. The zero-order chi connectivity index (χ0) is 16.4. The van der Waals surface area contributed by atoms with Gasteiger partial charge in [-0.1, -0.05) is 6.92 Å². The Morgan fingerprint density at radius 1 is 1.35 bits per heavy atom. The summed E-state index contributed by atoms with van der Waals surface area (Å²) in [4.78, 5) is 15.9. The molecule has 1 aromatic carbocycles. The van der Waals surface area contributed by atoms with Gasteiger partial charge in [0.2, 0.25) is 5.91 Å². The smallest absolute Gasteiger partial charge is 0.222 e. The van der Waals surface area contributed by atoms with Crippen LogP contribution < -0.4 is 4.90 Å². The van der Waals surface area contributed by atoms with E-state index in [4.69, 9.17) is 4.74 Å². The van der Waals surface area contributed by atoms with E-state index in [0.29, 0.717) is 19.1 Å². The van der Waals surface area contributed by atoms with E-state index in [1.165, 1.54) is 12.1 Å². The quantitative estimate of drug-likeness (QED) is 0.858. The summed E-state index contributed by atoms with van der Waals surface area (Å²) >= 11 is 0. The Labute approximate surface area is 137 Å². The highest BCUT2D eigenvalue weighted by atomic mass is 19.1. The number of amides is 1. The summed E-state index contributed by atoms with van der Waals surface area (Å²) in [5.41, 5.74) is 0.916. The molecule has 126 valence electrons. The number of carbonyl (C=O) groups is 1. The van der Waals surface area contributed by atoms with Crippen LogP contribution in [-0.4, -0.2) is 49.2 Å². The van der Waals surface area contributed by atoms with Crippen LogP contribution in [-0.2, 0) is 9.53 Å². The number of benzene rings is 1. The molecule has 1 aromatic rings. The Balaban J connectivity index is 1.60. The second-order valence-electron chi connectivity index (χ2n) is 6.67. The minimum absolute atomic E-state index is 0.0938. The van der Waals surface area contributed by atoms with Gasteiger partial charge in [-0.05, 0) is 43.5 Å². The van der Waals surface area contributed by atoms with Crippen molar-refractivity contribution in [3.05, 3.63) is 30.1 Å². The molecule has 0 aromatic heterocycles. The van der Waals surface area contributed by atoms with Crippen LogP contribution in [0.4, 0.5) is 10.1 Å². The van der Waals surface area contributed by atoms with Crippen molar-refractivity contribution >= 4 is 11.6 Å². The van der Waals surface area contributed by atoms with Crippen LogP contribution in [0.5, 0.6) is 0 Å². The second kappa shape index (κ2) is 6.48. The van der Waals surface area contributed by atoms with Gasteiger partial charge in [0.15, 0.2) is 0 Å². The van der Waals surface area contributed by atoms with Gasteiger partial charge in [-0.3, -0.25) is 4.79 Å². The minimum atomic E-state index is -0.214. The zero-order valence-corrected chi connectivity index (χ0v) is 13.9. The summed E-state index contributed by atoms with van der Waals surface area (Å²) in [7, 11) is 2.04. The lowest BCUT2D eigenvalue weighted by Gasteiger charge is -2.39. The highest BCUT2D eigenvalue weighted by Crippen LogP contribution is 2.38. The molecule has 0 saturated carbocycles. The number of ether oxygens (including phenoxy) is 1. The number of carbonyl (C=O) groups excluding carboxylic acids is 1. The molecule has 0 unspecified atom stereocenters. The molecule has 1 amide bonds. The Hall–Kier alpha value is -1.62. The van der Waals surface area contributed by atoms with E-state index in [1.807, 2.05) is 31.0 Å². The Bertz CT molecular complexity index is 553. The number of nitrogens with zero attached hydrogens (tertiary/aromatic N) is 2. The van der Waals surface area contributed by atoms with Gasteiger partial charge < -0.3 is 14.5 Å². The third-order valence-electron chi connectivity index (χ3n) is 5.30. The Morgan fingerprint density at radius 2 is 2.00 bits per heavy atom. The minimum Gasteiger partial charge on any atom is -0.373 e. The Morgan fingerprint density at radius 3 is 2.61 bits per heavy atom. The standard InChI is InChI=1S/C18H25FN2O2/c1-3-17(22)21-10-8-18(9-11-21)12-16(13-23-18)20(2)15-6-4-14(19)5-7-15/h4-7,16H,3,8-13H2,1-2H3/t16-/m0/s1. The van der Waals surface area contributed by atoms with Crippen molar-refractivity contribution in [3.63, 3.8) is 0 Å². The first-order chi connectivity index (χ1) is 11.0. The number of halogens is 1. The van der Waals surface area contributed by atoms with Crippen molar-refractivity contribution in [1.29, 1.82) is 0 Å². The fourth-order valence-corrected chi connectivity index (χ4v) is 3.69.